The number of carbonyl (C=O) groups is 1. The highest BCUT2D eigenvalue weighted by Crippen LogP contribution is 2.36. The zero-order chi connectivity index (χ0) is 18.3. The monoisotopic (exact) mass is 348 g/mol. The van der Waals surface area contributed by atoms with Gasteiger partial charge in [0.15, 0.2) is 5.78 Å². The topological polar surface area (TPSA) is 97.0 Å². The van der Waals surface area contributed by atoms with Crippen LogP contribution in [0.2, 0.25) is 0 Å². The van der Waals surface area contributed by atoms with Crippen molar-refractivity contribution in [2.24, 2.45) is 9.98 Å². The minimum atomic E-state index is -0.481. The predicted molar refractivity (Wildman–Crippen MR) is 98.4 cm³/mol. The zero-order valence-electron chi connectivity index (χ0n) is 14.1. The second-order valence-corrected chi connectivity index (χ2v) is 6.34. The van der Waals surface area contributed by atoms with Gasteiger partial charge in [0.25, 0.3) is 5.69 Å². The van der Waals surface area contributed by atoms with Crippen LogP contribution >= 0.6 is 0 Å². The molecule has 0 aromatic heterocycles. The Balaban J connectivity index is 1.76. The van der Waals surface area contributed by atoms with Gasteiger partial charge in [-0.3, -0.25) is 24.9 Å². The van der Waals surface area contributed by atoms with Gasteiger partial charge in [-0.1, -0.05) is 0 Å². The van der Waals surface area contributed by atoms with Gasteiger partial charge >= 0.3 is 0 Å². The number of hydrogen-bond donors (Lipinski definition) is 1. The molecule has 0 fully saturated rings. The largest absolute Gasteiger partial charge is 0.345 e. The van der Waals surface area contributed by atoms with Crippen LogP contribution in [0.3, 0.4) is 0 Å². The first-order valence-electron chi connectivity index (χ1n) is 8.32. The number of allylic oxidation sites excluding steroid dienone is 4. The molecule has 0 bridgehead atoms. The summed E-state index contributed by atoms with van der Waals surface area (Å²) in [4.78, 5) is 32.2. The molecule has 3 aliphatic rings. The Hall–Kier alpha value is -3.35. The maximum Gasteiger partial charge on any atom is 0.269 e. The van der Waals surface area contributed by atoms with Crippen LogP contribution in [0.5, 0.6) is 0 Å². The van der Waals surface area contributed by atoms with Crippen molar-refractivity contribution in [3.05, 3.63) is 74.6 Å². The third-order valence-electron chi connectivity index (χ3n) is 4.72. The maximum atomic E-state index is 13.0. The number of aliphatic imine (C=N–C) groups is 2. The van der Waals surface area contributed by atoms with Crippen LogP contribution in [0.4, 0.5) is 5.69 Å². The molecule has 2 heterocycles. The van der Waals surface area contributed by atoms with E-state index in [9.17, 15) is 14.9 Å². The molecule has 1 aromatic carbocycles. The Bertz CT molecular complexity index is 965. The standard InChI is InChI=1S/C19H16N4O3/c1-11-21-17-7-6-14-15(18(17)22-11)8-9-20-10-16(14)19(24)12-2-4-13(5-3-12)23(25)26/h2-5,8-10,17H,6-7H2,1H3,(H,21,22)/t17-/m1/s1. The molecule has 4 rings (SSSR count). The molecule has 2 aliphatic heterocycles. The highest BCUT2D eigenvalue weighted by Gasteiger charge is 2.32. The normalized spacial score (nSPS) is 21.0. The van der Waals surface area contributed by atoms with Gasteiger partial charge in [0.1, 0.15) is 0 Å². The third kappa shape index (κ3) is 2.67. The molecule has 26 heavy (non-hydrogen) atoms. The second-order valence-electron chi connectivity index (χ2n) is 6.34. The van der Waals surface area contributed by atoms with Crippen molar-refractivity contribution < 1.29 is 9.72 Å². The van der Waals surface area contributed by atoms with Gasteiger partial charge in [0.2, 0.25) is 0 Å². The fraction of sp³-hybridized carbons (Fsp3) is 0.211. The number of rotatable bonds is 3. The number of benzene rings is 1. The zero-order valence-corrected chi connectivity index (χ0v) is 14.1. The Kier molecular flexibility index (Phi) is 3.84. The summed E-state index contributed by atoms with van der Waals surface area (Å²) in [6.07, 6.45) is 6.72. The van der Waals surface area contributed by atoms with E-state index in [2.05, 4.69) is 15.3 Å². The van der Waals surface area contributed by atoms with Crippen molar-refractivity contribution in [3.8, 4) is 0 Å². The van der Waals surface area contributed by atoms with Crippen molar-refractivity contribution in [3.63, 3.8) is 0 Å². The number of nitrogens with one attached hydrogen (secondary N) is 1. The number of fused-ring (bicyclic) bond motifs is 2. The highest BCUT2D eigenvalue weighted by atomic mass is 16.6. The molecule has 0 unspecified atom stereocenters. The lowest BCUT2D eigenvalue weighted by Crippen LogP contribution is -2.24. The van der Waals surface area contributed by atoms with E-state index in [1.54, 1.807) is 12.4 Å². The fourth-order valence-electron chi connectivity index (χ4n) is 3.51. The number of carbonyl (C=O) groups excluding carboxylic acids is 1. The number of Topliss-reactive ketones (excluding diaryl/α,β-unsaturated/α-hetero) is 1. The van der Waals surface area contributed by atoms with Crippen molar-refractivity contribution in [2.75, 3.05) is 0 Å². The molecule has 0 saturated carbocycles. The van der Waals surface area contributed by atoms with Gasteiger partial charge in [0, 0.05) is 47.0 Å². The molecule has 1 aromatic rings. The minimum Gasteiger partial charge on any atom is -0.345 e. The quantitative estimate of drug-likeness (QED) is 0.515. The maximum absolute atomic E-state index is 13.0. The molecule has 1 aliphatic carbocycles. The highest BCUT2D eigenvalue weighted by molar-refractivity contribution is 6.22. The molecular weight excluding hydrogens is 332 g/mol. The predicted octanol–water partition coefficient (Wildman–Crippen LogP) is 3.11. The molecule has 7 nitrogen and oxygen atoms in total. The molecule has 1 atom stereocenters. The van der Waals surface area contributed by atoms with E-state index in [4.69, 9.17) is 0 Å². The van der Waals surface area contributed by atoms with Gasteiger partial charge < -0.3 is 5.32 Å². The lowest BCUT2D eigenvalue weighted by molar-refractivity contribution is -0.384. The van der Waals surface area contributed by atoms with Crippen LogP contribution in [0.1, 0.15) is 30.1 Å². The fourth-order valence-corrected chi connectivity index (χ4v) is 3.51. The Morgan fingerprint density at radius 2 is 2.08 bits per heavy atom. The van der Waals surface area contributed by atoms with Crippen LogP contribution in [-0.2, 0) is 0 Å². The molecule has 130 valence electrons. The van der Waals surface area contributed by atoms with Crippen LogP contribution < -0.4 is 5.32 Å². The number of nitro groups is 1. The summed E-state index contributed by atoms with van der Waals surface area (Å²) < 4.78 is 0. The molecule has 0 radical (unpaired) electrons. The molecule has 0 amide bonds. The summed E-state index contributed by atoms with van der Waals surface area (Å²) in [5.41, 5.74) is 3.81. The van der Waals surface area contributed by atoms with Crippen LogP contribution in [0, 0.1) is 10.1 Å². The lowest BCUT2D eigenvalue weighted by atomic mass is 9.84. The first kappa shape index (κ1) is 16.1. The van der Waals surface area contributed by atoms with Crippen LogP contribution in [-0.4, -0.2) is 28.8 Å². The Morgan fingerprint density at radius 3 is 2.81 bits per heavy atom. The molecular formula is C19H16N4O3. The van der Waals surface area contributed by atoms with Gasteiger partial charge in [0.05, 0.1) is 16.8 Å². The molecule has 7 heteroatoms. The van der Waals surface area contributed by atoms with E-state index in [1.165, 1.54) is 24.3 Å². The molecule has 1 N–H and O–H groups in total. The van der Waals surface area contributed by atoms with Gasteiger partial charge in [-0.25, -0.2) is 0 Å². The summed E-state index contributed by atoms with van der Waals surface area (Å²) in [5.74, 6) is 0.690. The summed E-state index contributed by atoms with van der Waals surface area (Å²) in [5, 5.41) is 14.1. The Labute approximate surface area is 149 Å². The van der Waals surface area contributed by atoms with E-state index in [0.717, 1.165) is 35.5 Å². The van der Waals surface area contributed by atoms with E-state index in [1.807, 2.05) is 13.0 Å². The minimum absolute atomic E-state index is 0.0403. The summed E-state index contributed by atoms with van der Waals surface area (Å²) in [7, 11) is 0. The van der Waals surface area contributed by atoms with Gasteiger partial charge in [-0.05, 0) is 43.5 Å². The van der Waals surface area contributed by atoms with E-state index < -0.39 is 4.92 Å². The van der Waals surface area contributed by atoms with Crippen molar-refractivity contribution >= 4 is 23.5 Å². The van der Waals surface area contributed by atoms with Crippen molar-refractivity contribution in [1.29, 1.82) is 0 Å². The average molecular weight is 348 g/mol. The smallest absolute Gasteiger partial charge is 0.269 e. The molecule has 0 spiro atoms. The number of amidine groups is 1. The average Bonchev–Trinajstić information content (AvgIpc) is 2.89. The summed E-state index contributed by atoms with van der Waals surface area (Å²) >= 11 is 0. The number of nitrogens with zero attached hydrogens (tertiary/aromatic N) is 3. The van der Waals surface area contributed by atoms with E-state index in [-0.39, 0.29) is 17.5 Å². The van der Waals surface area contributed by atoms with Crippen molar-refractivity contribution in [1.82, 2.24) is 5.32 Å². The first-order chi connectivity index (χ1) is 12.5. The van der Waals surface area contributed by atoms with Gasteiger partial charge in [-0.2, -0.15) is 0 Å². The number of ketones is 1. The third-order valence-corrected chi connectivity index (χ3v) is 4.72. The SMILES string of the molecule is CC1=N[C@@H]2CCC3=C(C(=O)c4ccc([N+](=O)[O-])cc4)C=NC=CC3=C2N1. The van der Waals surface area contributed by atoms with E-state index in [0.29, 0.717) is 11.1 Å². The molecule has 0 saturated heterocycles. The first-order valence-corrected chi connectivity index (χ1v) is 8.32. The van der Waals surface area contributed by atoms with E-state index >= 15 is 0 Å². The second kappa shape index (κ2) is 6.18. The number of nitro benzene ring substituents is 1. The summed E-state index contributed by atoms with van der Waals surface area (Å²) in [6, 6.07) is 5.76. The van der Waals surface area contributed by atoms with Gasteiger partial charge in [-0.15, -0.1) is 0 Å². The Morgan fingerprint density at radius 1 is 1.31 bits per heavy atom. The van der Waals surface area contributed by atoms with Crippen LogP contribution in [0.25, 0.3) is 0 Å². The number of hydrogen-bond acceptors (Lipinski definition) is 6. The van der Waals surface area contributed by atoms with Crippen LogP contribution in [0.15, 0.2) is 68.9 Å². The number of non-ortho nitro benzene ring substituents is 1. The summed E-state index contributed by atoms with van der Waals surface area (Å²) in [6.45, 7) is 1.93. The van der Waals surface area contributed by atoms with Crippen molar-refractivity contribution in [2.45, 2.75) is 25.8 Å². The lowest BCUT2D eigenvalue weighted by Gasteiger charge is -2.23.